The van der Waals surface area contributed by atoms with Crippen molar-refractivity contribution < 1.29 is 30.4 Å². The van der Waals surface area contributed by atoms with E-state index in [9.17, 15) is 0 Å². The molecule has 0 atom stereocenters. The number of para-hydroxylation sites is 1. The van der Waals surface area contributed by atoms with Gasteiger partial charge >= 0.3 is 0 Å². The third-order valence-electron chi connectivity index (χ3n) is 16.2. The second kappa shape index (κ2) is 20.9. The first kappa shape index (κ1) is 54.8. The van der Waals surface area contributed by atoms with E-state index in [1.54, 1.807) is 0 Å². The van der Waals surface area contributed by atoms with Crippen molar-refractivity contribution in [2.75, 3.05) is 0 Å². The molecule has 0 amide bonds. The van der Waals surface area contributed by atoms with E-state index in [4.69, 9.17) is 9.72 Å². The summed E-state index contributed by atoms with van der Waals surface area (Å²) in [6.07, 6.45) is 8.13. The molecule has 0 radical (unpaired) electrons. The van der Waals surface area contributed by atoms with E-state index in [0.717, 1.165) is 61.4 Å². The van der Waals surface area contributed by atoms with Gasteiger partial charge in [0.15, 0.2) is 0 Å². The molecule has 0 bridgehead atoms. The minimum Gasteiger partial charge on any atom is -0.510 e. The molecule has 5 nitrogen and oxygen atoms in total. The molecule has 0 spiro atoms. The van der Waals surface area contributed by atoms with Crippen LogP contribution < -0.4 is 9.30 Å². The molecule has 0 unspecified atom stereocenters. The number of rotatable bonds is 12. The zero-order chi connectivity index (χ0) is 54.8. The third kappa shape index (κ3) is 10.5. The number of benzene rings is 8. The Balaban J connectivity index is 0.00000704. The topological polar surface area (TPSA) is 35.9 Å². The number of nitrogens with zero attached hydrogens (tertiary/aromatic N) is 4. The fraction of sp³-hybridized carbons (Fsp3) is 0.233. The average molecular weight is 1210 g/mol. The molecule has 8 aromatic carbocycles. The van der Waals surface area contributed by atoms with E-state index >= 15 is 0 Å². The second-order valence-corrected chi connectivity index (χ2v) is 24.7. The van der Waals surface area contributed by atoms with Gasteiger partial charge in [-0.2, -0.15) is 6.07 Å². The summed E-state index contributed by atoms with van der Waals surface area (Å²) in [6.45, 7) is 27.5. The number of pyridine rings is 1. The largest absolute Gasteiger partial charge is 0.510 e. The van der Waals surface area contributed by atoms with Crippen LogP contribution >= 0.6 is 0 Å². The standard InChI is InChI=1S/C73H70N4O.Pt/c1-69(2,3)55-37-38-74-67(44-55)77-64-36-26-25-35-62(64)68-63(70(4,5)6)46-61(47-65(68)77)78-60-40-51(50-27-17-13-18-28-50)39-59(45-60)76-49-75(48-66(76)73(11,12)54-33-23-16-24-34-54)58-42-56(71(7,8)52-29-19-14-20-30-52)41-57(43-58)72(9,10)53-31-21-15-22-32-53;/h13-44,46,48H,1-12H3;/q-2;. The Morgan fingerprint density at radius 1 is 0.468 bits per heavy atom. The van der Waals surface area contributed by atoms with Gasteiger partial charge in [-0.05, 0) is 91.2 Å². The molecule has 6 heteroatoms. The van der Waals surface area contributed by atoms with E-state index in [2.05, 4.69) is 316 Å². The number of hydrogen-bond acceptors (Lipinski definition) is 2. The van der Waals surface area contributed by atoms with Gasteiger partial charge in [-0.1, -0.05) is 240 Å². The van der Waals surface area contributed by atoms with Gasteiger partial charge in [0.1, 0.15) is 5.82 Å². The van der Waals surface area contributed by atoms with Crippen LogP contribution in [0, 0.1) is 18.5 Å². The van der Waals surface area contributed by atoms with Gasteiger partial charge in [0.2, 0.25) is 0 Å². The van der Waals surface area contributed by atoms with Crippen LogP contribution in [0.5, 0.6) is 11.5 Å². The van der Waals surface area contributed by atoms with Crippen molar-refractivity contribution in [2.45, 2.75) is 110 Å². The first-order valence-corrected chi connectivity index (χ1v) is 27.4. The maximum absolute atomic E-state index is 7.22. The summed E-state index contributed by atoms with van der Waals surface area (Å²) in [7, 11) is 0. The van der Waals surface area contributed by atoms with Crippen molar-refractivity contribution in [1.82, 2.24) is 14.1 Å². The predicted octanol–water partition coefficient (Wildman–Crippen LogP) is 17.7. The molecule has 3 aromatic heterocycles. The normalized spacial score (nSPS) is 12.5. The molecule has 400 valence electrons. The number of fused-ring (bicyclic) bond motifs is 3. The molecular weight excluding hydrogens is 1140 g/mol. The smallest absolute Gasteiger partial charge is 0.267 e. The van der Waals surface area contributed by atoms with Crippen LogP contribution in [0.1, 0.15) is 128 Å². The van der Waals surface area contributed by atoms with Crippen molar-refractivity contribution in [3.8, 4) is 39.8 Å². The van der Waals surface area contributed by atoms with E-state index < -0.39 is 5.41 Å². The van der Waals surface area contributed by atoms with Crippen LogP contribution in [0.25, 0.3) is 50.1 Å². The molecule has 11 aromatic rings. The van der Waals surface area contributed by atoms with Gasteiger partial charge in [-0.15, -0.1) is 35.4 Å². The average Bonchev–Trinajstić information content (AvgIpc) is 4.29. The molecule has 0 N–H and O–H groups in total. The molecule has 0 aliphatic carbocycles. The Labute approximate surface area is 482 Å². The molecule has 79 heavy (non-hydrogen) atoms. The number of aromatic nitrogens is 4. The monoisotopic (exact) mass is 1210 g/mol. The van der Waals surface area contributed by atoms with Crippen LogP contribution in [0.4, 0.5) is 0 Å². The summed E-state index contributed by atoms with van der Waals surface area (Å²) >= 11 is 0. The van der Waals surface area contributed by atoms with Gasteiger partial charge in [0, 0.05) is 66.7 Å². The van der Waals surface area contributed by atoms with Crippen molar-refractivity contribution in [3.05, 3.63) is 270 Å². The Hall–Kier alpha value is -7.59. The fourth-order valence-electron chi connectivity index (χ4n) is 11.1. The maximum atomic E-state index is 7.22. The quantitative estimate of drug-likeness (QED) is 0.0903. The van der Waals surface area contributed by atoms with E-state index in [1.165, 1.54) is 33.4 Å². The van der Waals surface area contributed by atoms with Crippen LogP contribution in [0.2, 0.25) is 0 Å². The van der Waals surface area contributed by atoms with Gasteiger partial charge in [0.25, 0.3) is 6.33 Å². The molecule has 0 saturated carbocycles. The van der Waals surface area contributed by atoms with Gasteiger partial charge in [-0.3, -0.25) is 4.57 Å². The Morgan fingerprint density at radius 2 is 1.00 bits per heavy atom. The molecule has 0 aliphatic heterocycles. The summed E-state index contributed by atoms with van der Waals surface area (Å²) in [5.41, 5.74) is 13.9. The van der Waals surface area contributed by atoms with Crippen molar-refractivity contribution >= 4 is 21.8 Å². The van der Waals surface area contributed by atoms with E-state index in [1.807, 2.05) is 6.20 Å². The van der Waals surface area contributed by atoms with Crippen LogP contribution in [-0.2, 0) is 48.1 Å². The Morgan fingerprint density at radius 3 is 1.57 bits per heavy atom. The molecule has 3 heterocycles. The van der Waals surface area contributed by atoms with Crippen molar-refractivity contribution in [2.24, 2.45) is 0 Å². The molecule has 0 saturated heterocycles. The predicted molar refractivity (Wildman–Crippen MR) is 321 cm³/mol. The van der Waals surface area contributed by atoms with Crippen LogP contribution in [-0.4, -0.2) is 14.1 Å². The van der Waals surface area contributed by atoms with Crippen molar-refractivity contribution in [3.63, 3.8) is 0 Å². The summed E-state index contributed by atoms with van der Waals surface area (Å²) in [5.74, 6) is 2.00. The summed E-state index contributed by atoms with van der Waals surface area (Å²) in [4.78, 5) is 5.01. The fourth-order valence-corrected chi connectivity index (χ4v) is 11.1. The summed E-state index contributed by atoms with van der Waals surface area (Å²) in [6, 6.07) is 77.2. The number of imidazole rings is 1. The summed E-state index contributed by atoms with van der Waals surface area (Å²) < 4.78 is 13.9. The SMILES string of the molecule is CC(C)(C)c1ccnc(-n2c3[c-]c(Oc4[c-]c(-n5[c-][n+](-c6cc(C(C)(C)c7ccccc7)cc(C(C)(C)c7ccccc7)c6)cc5C(C)(C)c5ccccc5)cc(-c5ccccc5)c4)cc(C(C)(C)C)c3c3ccccc32)c1.[Pt]. The Kier molecular flexibility index (Phi) is 14.5. The van der Waals surface area contributed by atoms with Crippen LogP contribution in [0.3, 0.4) is 0 Å². The zero-order valence-electron chi connectivity index (χ0n) is 47.6. The second-order valence-electron chi connectivity index (χ2n) is 24.7. The number of ether oxygens (including phenoxy) is 1. The molecule has 0 fully saturated rings. The van der Waals surface area contributed by atoms with Crippen molar-refractivity contribution in [1.29, 1.82) is 0 Å². The zero-order valence-corrected chi connectivity index (χ0v) is 49.9. The number of hydrogen-bond donors (Lipinski definition) is 0. The Bertz CT molecular complexity index is 3900. The van der Waals surface area contributed by atoms with E-state index in [-0.39, 0.29) is 42.7 Å². The summed E-state index contributed by atoms with van der Waals surface area (Å²) in [5, 5.41) is 2.29. The maximum Gasteiger partial charge on any atom is 0.267 e. The first-order valence-electron chi connectivity index (χ1n) is 27.4. The van der Waals surface area contributed by atoms with Gasteiger partial charge in [-0.25, -0.2) is 4.98 Å². The minimum absolute atomic E-state index is 0. The third-order valence-corrected chi connectivity index (χ3v) is 16.2. The van der Waals surface area contributed by atoms with Gasteiger partial charge < -0.3 is 13.9 Å². The van der Waals surface area contributed by atoms with E-state index in [0.29, 0.717) is 11.5 Å². The van der Waals surface area contributed by atoms with Gasteiger partial charge in [0.05, 0.1) is 11.4 Å². The molecule has 0 aliphatic rings. The molecule has 11 rings (SSSR count). The van der Waals surface area contributed by atoms with Crippen LogP contribution in [0.15, 0.2) is 207 Å². The first-order chi connectivity index (χ1) is 37.2. The molecular formula is C73H70N4OPt-2. The minimum atomic E-state index is -0.486.